The molecule has 0 aliphatic heterocycles. The molecule has 0 bridgehead atoms. The molecule has 4 nitrogen and oxygen atoms in total. The zero-order valence-corrected chi connectivity index (χ0v) is 12.7. The fourth-order valence-corrected chi connectivity index (χ4v) is 2.73. The lowest BCUT2D eigenvalue weighted by molar-refractivity contribution is -0.122. The summed E-state index contributed by atoms with van der Waals surface area (Å²) in [5.41, 5.74) is 6.43. The van der Waals surface area contributed by atoms with Crippen molar-refractivity contribution in [3.05, 3.63) is 35.4 Å². The van der Waals surface area contributed by atoms with Crippen LogP contribution in [0.1, 0.15) is 54.4 Å². The Morgan fingerprint density at radius 3 is 2.45 bits per heavy atom. The normalized spacial score (nSPS) is 14.7. The molecule has 22 heavy (non-hydrogen) atoms. The smallest absolute Gasteiger partial charge is 0.248 e. The predicted molar refractivity (Wildman–Crippen MR) is 86.0 cm³/mol. The molecule has 1 fully saturated rings. The van der Waals surface area contributed by atoms with Crippen LogP contribution in [0.2, 0.25) is 0 Å². The summed E-state index contributed by atoms with van der Waals surface area (Å²) in [7, 11) is 0. The second-order valence-corrected chi connectivity index (χ2v) is 5.73. The summed E-state index contributed by atoms with van der Waals surface area (Å²) in [6.07, 6.45) is 6.77. The molecule has 1 aliphatic carbocycles. The molecule has 2 amide bonds. The number of nitrogens with one attached hydrogen (secondary N) is 1. The molecular formula is C18H22N2O2. The quantitative estimate of drug-likeness (QED) is 0.837. The van der Waals surface area contributed by atoms with Crippen molar-refractivity contribution in [2.45, 2.75) is 38.5 Å². The Bertz CT molecular complexity index is 575. The van der Waals surface area contributed by atoms with E-state index in [4.69, 9.17) is 5.73 Å². The minimum atomic E-state index is -0.450. The lowest BCUT2D eigenvalue weighted by Crippen LogP contribution is -2.26. The van der Waals surface area contributed by atoms with Gasteiger partial charge in [0.2, 0.25) is 11.8 Å². The lowest BCUT2D eigenvalue weighted by atomic mass is 9.87. The highest BCUT2D eigenvalue weighted by Crippen LogP contribution is 2.25. The van der Waals surface area contributed by atoms with Gasteiger partial charge in [-0.3, -0.25) is 9.59 Å². The first kappa shape index (κ1) is 16.1. The number of amides is 2. The van der Waals surface area contributed by atoms with E-state index in [0.717, 1.165) is 5.56 Å². The van der Waals surface area contributed by atoms with Gasteiger partial charge >= 0.3 is 0 Å². The number of carbonyl (C=O) groups is 2. The molecule has 1 aromatic carbocycles. The van der Waals surface area contributed by atoms with Crippen LogP contribution in [0.4, 0.5) is 0 Å². The topological polar surface area (TPSA) is 72.2 Å². The Morgan fingerprint density at radius 2 is 1.82 bits per heavy atom. The van der Waals surface area contributed by atoms with Crippen LogP contribution in [-0.4, -0.2) is 18.4 Å². The zero-order valence-electron chi connectivity index (χ0n) is 12.7. The highest BCUT2D eigenvalue weighted by atomic mass is 16.1. The van der Waals surface area contributed by atoms with Crippen molar-refractivity contribution in [1.82, 2.24) is 5.32 Å². The Hall–Kier alpha value is -2.28. The van der Waals surface area contributed by atoms with E-state index in [0.29, 0.717) is 24.4 Å². The predicted octanol–water partition coefficient (Wildman–Crippen LogP) is 2.22. The van der Waals surface area contributed by atoms with Crippen molar-refractivity contribution < 1.29 is 9.59 Å². The van der Waals surface area contributed by atoms with Gasteiger partial charge in [0, 0.05) is 17.5 Å². The Balaban J connectivity index is 1.73. The average molecular weight is 298 g/mol. The Kier molecular flexibility index (Phi) is 6.02. The summed E-state index contributed by atoms with van der Waals surface area (Å²) in [6.45, 7) is 0.350. The molecule has 1 aliphatic rings. The monoisotopic (exact) mass is 298 g/mol. The highest BCUT2D eigenvalue weighted by molar-refractivity contribution is 5.92. The van der Waals surface area contributed by atoms with E-state index in [1.54, 1.807) is 24.3 Å². The number of primary amides is 1. The maximum absolute atomic E-state index is 11.8. The van der Waals surface area contributed by atoms with Crippen LogP contribution in [0.15, 0.2) is 24.3 Å². The minimum Gasteiger partial charge on any atom is -0.366 e. The summed E-state index contributed by atoms with van der Waals surface area (Å²) < 4.78 is 0. The number of rotatable bonds is 4. The number of benzene rings is 1. The molecule has 4 heteroatoms. The van der Waals surface area contributed by atoms with Crippen molar-refractivity contribution in [2.75, 3.05) is 6.54 Å². The van der Waals surface area contributed by atoms with Crippen LogP contribution in [-0.2, 0) is 4.79 Å². The van der Waals surface area contributed by atoms with Crippen molar-refractivity contribution >= 4 is 11.8 Å². The van der Waals surface area contributed by atoms with Gasteiger partial charge < -0.3 is 11.1 Å². The molecule has 1 saturated carbocycles. The van der Waals surface area contributed by atoms with Gasteiger partial charge in [0.25, 0.3) is 0 Å². The third-order valence-electron chi connectivity index (χ3n) is 3.97. The maximum Gasteiger partial charge on any atom is 0.248 e. The van der Waals surface area contributed by atoms with Crippen LogP contribution in [0.25, 0.3) is 0 Å². The van der Waals surface area contributed by atoms with Crippen molar-refractivity contribution in [3.63, 3.8) is 0 Å². The second kappa shape index (κ2) is 8.23. The van der Waals surface area contributed by atoms with Gasteiger partial charge in [-0.2, -0.15) is 0 Å². The van der Waals surface area contributed by atoms with Gasteiger partial charge in [-0.05, 0) is 43.0 Å². The van der Waals surface area contributed by atoms with Gasteiger partial charge in [-0.25, -0.2) is 0 Å². The van der Waals surface area contributed by atoms with E-state index in [1.807, 2.05) is 0 Å². The fraction of sp³-hybridized carbons (Fsp3) is 0.444. The summed E-state index contributed by atoms with van der Waals surface area (Å²) >= 11 is 0. The summed E-state index contributed by atoms with van der Waals surface area (Å²) in [5.74, 6) is 6.06. The highest BCUT2D eigenvalue weighted by Gasteiger charge is 2.16. The van der Waals surface area contributed by atoms with E-state index in [1.165, 1.54) is 32.1 Å². The molecule has 0 heterocycles. The van der Waals surface area contributed by atoms with E-state index in [2.05, 4.69) is 17.2 Å². The first-order valence-electron chi connectivity index (χ1n) is 7.80. The molecule has 1 aromatic rings. The van der Waals surface area contributed by atoms with E-state index in [9.17, 15) is 9.59 Å². The maximum atomic E-state index is 11.8. The zero-order chi connectivity index (χ0) is 15.8. The molecule has 3 N–H and O–H groups in total. The van der Waals surface area contributed by atoms with Gasteiger partial charge in [0.1, 0.15) is 0 Å². The molecule has 0 unspecified atom stereocenters. The van der Waals surface area contributed by atoms with Gasteiger partial charge in [-0.1, -0.05) is 31.1 Å². The number of hydrogen-bond donors (Lipinski definition) is 2. The molecule has 2 rings (SSSR count). The van der Waals surface area contributed by atoms with Gasteiger partial charge in [0.15, 0.2) is 0 Å². The molecule has 0 spiro atoms. The van der Waals surface area contributed by atoms with E-state index < -0.39 is 5.91 Å². The van der Waals surface area contributed by atoms with Crippen molar-refractivity contribution in [1.29, 1.82) is 0 Å². The molecule has 0 aromatic heterocycles. The molecular weight excluding hydrogens is 276 g/mol. The van der Waals surface area contributed by atoms with Crippen LogP contribution in [0.5, 0.6) is 0 Å². The average Bonchev–Trinajstić information content (AvgIpc) is 2.53. The van der Waals surface area contributed by atoms with E-state index >= 15 is 0 Å². The summed E-state index contributed by atoms with van der Waals surface area (Å²) in [4.78, 5) is 22.8. The largest absolute Gasteiger partial charge is 0.366 e. The SMILES string of the molecule is NC(=O)c1ccc(C#CCNC(=O)CC2CCCCC2)cc1. The third kappa shape index (κ3) is 5.25. The van der Waals surface area contributed by atoms with Crippen molar-refractivity contribution in [2.24, 2.45) is 11.7 Å². The van der Waals surface area contributed by atoms with Crippen LogP contribution < -0.4 is 11.1 Å². The lowest BCUT2D eigenvalue weighted by Gasteiger charge is -2.20. The third-order valence-corrected chi connectivity index (χ3v) is 3.97. The first-order valence-corrected chi connectivity index (χ1v) is 7.80. The van der Waals surface area contributed by atoms with E-state index in [-0.39, 0.29) is 5.91 Å². The molecule has 0 radical (unpaired) electrons. The molecule has 0 saturated heterocycles. The fourth-order valence-electron chi connectivity index (χ4n) is 2.73. The molecule has 0 atom stereocenters. The van der Waals surface area contributed by atoms with Crippen LogP contribution in [0.3, 0.4) is 0 Å². The van der Waals surface area contributed by atoms with Crippen molar-refractivity contribution in [3.8, 4) is 11.8 Å². The minimum absolute atomic E-state index is 0.0882. The molecule has 116 valence electrons. The summed E-state index contributed by atoms with van der Waals surface area (Å²) in [6, 6.07) is 6.79. The Morgan fingerprint density at radius 1 is 1.14 bits per heavy atom. The number of hydrogen-bond acceptors (Lipinski definition) is 2. The first-order chi connectivity index (χ1) is 10.6. The Labute approximate surface area is 131 Å². The number of nitrogens with two attached hydrogens (primary N) is 1. The van der Waals surface area contributed by atoms with Crippen LogP contribution in [0, 0.1) is 17.8 Å². The standard InChI is InChI=1S/C18H22N2O2/c19-18(22)16-10-8-14(9-11-16)7-4-12-20-17(21)13-15-5-2-1-3-6-15/h8-11,15H,1-3,5-6,12-13H2,(H2,19,22)(H,20,21). The summed E-state index contributed by atoms with van der Waals surface area (Å²) in [5, 5.41) is 2.84. The van der Waals surface area contributed by atoms with Gasteiger partial charge in [0.05, 0.1) is 6.54 Å². The number of carbonyl (C=O) groups excluding carboxylic acids is 2. The van der Waals surface area contributed by atoms with Crippen LogP contribution >= 0.6 is 0 Å². The van der Waals surface area contributed by atoms with Gasteiger partial charge in [-0.15, -0.1) is 0 Å². The second-order valence-electron chi connectivity index (χ2n) is 5.73.